The van der Waals surface area contributed by atoms with Gasteiger partial charge in [-0.05, 0) is 43.4 Å². The highest BCUT2D eigenvalue weighted by Crippen LogP contribution is 2.39. The van der Waals surface area contributed by atoms with E-state index < -0.39 is 0 Å². The van der Waals surface area contributed by atoms with Gasteiger partial charge >= 0.3 is 0 Å². The van der Waals surface area contributed by atoms with Gasteiger partial charge < -0.3 is 11.1 Å². The predicted molar refractivity (Wildman–Crippen MR) is 76.2 cm³/mol. The molecule has 0 aromatic carbocycles. The highest BCUT2D eigenvalue weighted by molar-refractivity contribution is 5.78. The average molecular weight is 254 g/mol. The Morgan fingerprint density at radius 3 is 2.28 bits per heavy atom. The molecule has 0 heterocycles. The first-order valence-corrected chi connectivity index (χ1v) is 7.37. The molecule has 0 saturated heterocycles. The first-order chi connectivity index (χ1) is 8.34. The largest absolute Gasteiger partial charge is 0.354 e. The van der Waals surface area contributed by atoms with Crippen LogP contribution in [-0.4, -0.2) is 18.5 Å². The molecule has 0 bridgehead atoms. The lowest BCUT2D eigenvalue weighted by atomic mass is 9.69. The molecule has 0 aromatic heterocycles. The number of nitrogens with one attached hydrogen (secondary N) is 1. The zero-order valence-corrected chi connectivity index (χ0v) is 12.5. The third-order valence-electron chi connectivity index (χ3n) is 4.39. The van der Waals surface area contributed by atoms with Crippen LogP contribution in [0.25, 0.3) is 0 Å². The molecule has 1 amide bonds. The Labute approximate surface area is 112 Å². The van der Waals surface area contributed by atoms with Crippen LogP contribution >= 0.6 is 0 Å². The molecular weight excluding hydrogens is 224 g/mol. The van der Waals surface area contributed by atoms with E-state index in [9.17, 15) is 4.79 Å². The average Bonchev–Trinajstić information content (AvgIpc) is 2.34. The van der Waals surface area contributed by atoms with Gasteiger partial charge in [0.1, 0.15) is 0 Å². The van der Waals surface area contributed by atoms with Crippen LogP contribution in [0.3, 0.4) is 0 Å². The summed E-state index contributed by atoms with van der Waals surface area (Å²) in [7, 11) is 0. The third-order valence-corrected chi connectivity index (χ3v) is 4.39. The fourth-order valence-corrected chi connectivity index (χ4v) is 2.74. The smallest absolute Gasteiger partial charge is 0.223 e. The van der Waals surface area contributed by atoms with Crippen LogP contribution in [-0.2, 0) is 4.79 Å². The molecule has 3 nitrogen and oxygen atoms in total. The summed E-state index contributed by atoms with van der Waals surface area (Å²) in [5, 5.41) is 2.99. The summed E-state index contributed by atoms with van der Waals surface area (Å²) in [6, 6.07) is 0.0971. The van der Waals surface area contributed by atoms with E-state index in [0.717, 1.165) is 25.2 Å². The van der Waals surface area contributed by atoms with Gasteiger partial charge in [-0.3, -0.25) is 4.79 Å². The van der Waals surface area contributed by atoms with Crippen LogP contribution in [0, 0.1) is 17.3 Å². The highest BCUT2D eigenvalue weighted by atomic mass is 16.1. The number of carbonyl (C=O) groups excluding carboxylic acids is 1. The summed E-state index contributed by atoms with van der Waals surface area (Å²) in [6.45, 7) is 9.58. The third kappa shape index (κ3) is 4.60. The topological polar surface area (TPSA) is 55.1 Å². The van der Waals surface area contributed by atoms with E-state index in [-0.39, 0.29) is 17.9 Å². The van der Waals surface area contributed by atoms with Crippen molar-refractivity contribution in [2.24, 2.45) is 23.0 Å². The molecule has 0 aromatic rings. The number of rotatable bonds is 4. The maximum Gasteiger partial charge on any atom is 0.223 e. The second-order valence-corrected chi connectivity index (χ2v) is 6.83. The van der Waals surface area contributed by atoms with Crippen molar-refractivity contribution < 1.29 is 4.79 Å². The molecule has 3 N–H and O–H groups in total. The minimum absolute atomic E-state index is 0.0971. The molecule has 1 unspecified atom stereocenters. The number of hydrogen-bond donors (Lipinski definition) is 2. The lowest BCUT2D eigenvalue weighted by Crippen LogP contribution is -2.41. The first kappa shape index (κ1) is 15.5. The fourth-order valence-electron chi connectivity index (χ4n) is 2.74. The van der Waals surface area contributed by atoms with Crippen molar-refractivity contribution >= 4 is 5.91 Å². The van der Waals surface area contributed by atoms with Gasteiger partial charge in [0.15, 0.2) is 0 Å². The van der Waals surface area contributed by atoms with E-state index in [0.29, 0.717) is 12.0 Å². The standard InChI is InChI=1S/C15H30N2O/c1-5-13(16)10-17-14(18)11-6-8-12(9-7-11)15(2,3)4/h11-13H,5-10,16H2,1-4H3,(H,17,18). The molecule has 1 aliphatic carbocycles. The van der Waals surface area contributed by atoms with Gasteiger partial charge in [0.25, 0.3) is 0 Å². The molecule has 1 rings (SSSR count). The lowest BCUT2D eigenvalue weighted by molar-refractivity contribution is -0.126. The maximum atomic E-state index is 12.0. The summed E-state index contributed by atoms with van der Waals surface area (Å²) < 4.78 is 0. The Hall–Kier alpha value is -0.570. The molecule has 0 radical (unpaired) electrons. The lowest BCUT2D eigenvalue weighted by Gasteiger charge is -2.36. The molecular formula is C15H30N2O. The van der Waals surface area contributed by atoms with E-state index in [4.69, 9.17) is 5.73 Å². The first-order valence-electron chi connectivity index (χ1n) is 7.37. The van der Waals surface area contributed by atoms with E-state index in [1.54, 1.807) is 0 Å². The normalized spacial score (nSPS) is 26.7. The summed E-state index contributed by atoms with van der Waals surface area (Å²) in [5.74, 6) is 1.19. The summed E-state index contributed by atoms with van der Waals surface area (Å²) >= 11 is 0. The van der Waals surface area contributed by atoms with Crippen LogP contribution in [0.5, 0.6) is 0 Å². The van der Waals surface area contributed by atoms with Crippen molar-refractivity contribution in [1.29, 1.82) is 0 Å². The van der Waals surface area contributed by atoms with Crippen LogP contribution in [0.1, 0.15) is 59.8 Å². The molecule has 18 heavy (non-hydrogen) atoms. The summed E-state index contributed by atoms with van der Waals surface area (Å²) in [6.07, 6.45) is 5.35. The van der Waals surface area contributed by atoms with Crippen molar-refractivity contribution in [3.63, 3.8) is 0 Å². The quantitative estimate of drug-likeness (QED) is 0.810. The van der Waals surface area contributed by atoms with Gasteiger partial charge in [0, 0.05) is 18.5 Å². The molecule has 1 fully saturated rings. The maximum absolute atomic E-state index is 12.0. The minimum Gasteiger partial charge on any atom is -0.354 e. The van der Waals surface area contributed by atoms with Crippen molar-refractivity contribution in [2.75, 3.05) is 6.54 Å². The van der Waals surface area contributed by atoms with Gasteiger partial charge in [0.05, 0.1) is 0 Å². The molecule has 1 saturated carbocycles. The van der Waals surface area contributed by atoms with E-state index >= 15 is 0 Å². The predicted octanol–water partition coefficient (Wildman–Crippen LogP) is 2.69. The Balaban J connectivity index is 2.32. The Morgan fingerprint density at radius 2 is 1.83 bits per heavy atom. The number of hydrogen-bond acceptors (Lipinski definition) is 2. The fraction of sp³-hybridized carbons (Fsp3) is 0.933. The highest BCUT2D eigenvalue weighted by Gasteiger charge is 2.32. The van der Waals surface area contributed by atoms with Crippen molar-refractivity contribution in [2.45, 2.75) is 65.8 Å². The number of amides is 1. The molecule has 1 aliphatic rings. The second kappa shape index (κ2) is 6.55. The molecule has 106 valence electrons. The van der Waals surface area contributed by atoms with Gasteiger partial charge in [-0.25, -0.2) is 0 Å². The molecule has 3 heteroatoms. The molecule has 0 spiro atoms. The second-order valence-electron chi connectivity index (χ2n) is 6.83. The van der Waals surface area contributed by atoms with E-state index in [1.807, 2.05) is 6.92 Å². The van der Waals surface area contributed by atoms with Crippen LogP contribution in [0.2, 0.25) is 0 Å². The van der Waals surface area contributed by atoms with Crippen molar-refractivity contribution in [3.05, 3.63) is 0 Å². The van der Waals surface area contributed by atoms with Crippen LogP contribution in [0.4, 0.5) is 0 Å². The SMILES string of the molecule is CCC(N)CNC(=O)C1CCC(C(C)(C)C)CC1. The van der Waals surface area contributed by atoms with Crippen molar-refractivity contribution in [1.82, 2.24) is 5.32 Å². The van der Waals surface area contributed by atoms with E-state index in [1.165, 1.54) is 12.8 Å². The minimum atomic E-state index is 0.0971. The zero-order valence-electron chi connectivity index (χ0n) is 12.5. The number of nitrogens with two attached hydrogens (primary N) is 1. The summed E-state index contributed by atoms with van der Waals surface area (Å²) in [5.41, 5.74) is 6.20. The van der Waals surface area contributed by atoms with Crippen LogP contribution < -0.4 is 11.1 Å². The van der Waals surface area contributed by atoms with Gasteiger partial charge in [-0.1, -0.05) is 27.7 Å². The Kier molecular flexibility index (Phi) is 5.64. The van der Waals surface area contributed by atoms with Gasteiger partial charge in [-0.15, -0.1) is 0 Å². The van der Waals surface area contributed by atoms with E-state index in [2.05, 4.69) is 26.1 Å². The van der Waals surface area contributed by atoms with Gasteiger partial charge in [-0.2, -0.15) is 0 Å². The molecule has 0 aliphatic heterocycles. The zero-order chi connectivity index (χ0) is 13.8. The Bertz CT molecular complexity index is 262. The Morgan fingerprint density at radius 1 is 1.28 bits per heavy atom. The van der Waals surface area contributed by atoms with Crippen molar-refractivity contribution in [3.8, 4) is 0 Å². The number of carbonyl (C=O) groups is 1. The summed E-state index contributed by atoms with van der Waals surface area (Å²) in [4.78, 5) is 12.0. The van der Waals surface area contributed by atoms with Gasteiger partial charge in [0.2, 0.25) is 5.91 Å². The monoisotopic (exact) mass is 254 g/mol. The van der Waals surface area contributed by atoms with Crippen LogP contribution in [0.15, 0.2) is 0 Å². The molecule has 1 atom stereocenters.